The molecule has 2 unspecified atom stereocenters. The molecule has 2 atom stereocenters. The fraction of sp³-hybridized carbons (Fsp3) is 0.474. The first-order valence-corrected chi connectivity index (χ1v) is 9.32. The van der Waals surface area contributed by atoms with Gasteiger partial charge in [-0.25, -0.2) is 0 Å². The third kappa shape index (κ3) is 4.29. The fourth-order valence-corrected chi connectivity index (χ4v) is 3.73. The molecular weight excluding hydrogens is 344 g/mol. The number of allylic oxidation sites excluding steroid dienone is 1. The molecule has 27 heavy (non-hydrogen) atoms. The topological polar surface area (TPSA) is 123 Å². The minimum absolute atomic E-state index is 0.140. The second-order valence-corrected chi connectivity index (χ2v) is 6.98. The molecule has 0 aromatic heterocycles. The van der Waals surface area contributed by atoms with E-state index < -0.39 is 0 Å². The van der Waals surface area contributed by atoms with Crippen LogP contribution in [0.5, 0.6) is 5.75 Å². The van der Waals surface area contributed by atoms with Crippen molar-refractivity contribution in [3.63, 3.8) is 0 Å². The van der Waals surface area contributed by atoms with Crippen LogP contribution in [0, 0.1) is 0 Å². The van der Waals surface area contributed by atoms with Gasteiger partial charge in [0.2, 0.25) is 0 Å². The van der Waals surface area contributed by atoms with Crippen LogP contribution in [0.4, 0.5) is 0 Å². The van der Waals surface area contributed by atoms with E-state index in [1.807, 2.05) is 12.1 Å². The lowest BCUT2D eigenvalue weighted by atomic mass is 10.1. The van der Waals surface area contributed by atoms with Gasteiger partial charge in [0, 0.05) is 63.6 Å². The van der Waals surface area contributed by atoms with Crippen LogP contribution in [-0.4, -0.2) is 78.5 Å². The predicted molar refractivity (Wildman–Crippen MR) is 106 cm³/mol. The molecule has 0 spiro atoms. The Balaban J connectivity index is 1.75. The molecule has 148 valence electrons. The van der Waals surface area contributed by atoms with Crippen LogP contribution < -0.4 is 22.1 Å². The number of benzene rings is 1. The second-order valence-electron chi connectivity index (χ2n) is 6.98. The summed E-state index contributed by atoms with van der Waals surface area (Å²) in [7, 11) is 1.77. The number of nitrogens with two attached hydrogens (primary N) is 2. The number of hydrogen-bond acceptors (Lipinski definition) is 8. The van der Waals surface area contributed by atoms with E-state index in [4.69, 9.17) is 11.5 Å². The third-order valence-corrected chi connectivity index (χ3v) is 5.33. The highest BCUT2D eigenvalue weighted by molar-refractivity contribution is 5.69. The van der Waals surface area contributed by atoms with Crippen molar-refractivity contribution < 1.29 is 10.2 Å². The Morgan fingerprint density at radius 1 is 1.19 bits per heavy atom. The number of phenolic OH excluding ortho intramolecular Hbond substituents is 1. The lowest BCUT2D eigenvalue weighted by Gasteiger charge is -2.40. The highest BCUT2D eigenvalue weighted by atomic mass is 16.3. The lowest BCUT2D eigenvalue weighted by Crippen LogP contribution is -2.53. The first-order chi connectivity index (χ1) is 13.0. The van der Waals surface area contributed by atoms with Gasteiger partial charge in [0.25, 0.3) is 0 Å². The van der Waals surface area contributed by atoms with E-state index in [9.17, 15) is 10.2 Å². The standard InChI is InChI=1S/C19H30N6O2/c1-22-19(21)15(10-14(20)13-4-2-3-5-17(13)26)24-6-8-25(9-7-24)16-11-23-12-18(16)27/h2-5,10,16,18,22-23,26-27H,6-9,11-12,20-21H2,1H3/b14-10-,19-15-. The molecule has 1 aromatic rings. The van der Waals surface area contributed by atoms with Gasteiger partial charge < -0.3 is 37.2 Å². The number of aromatic hydroxyl groups is 1. The van der Waals surface area contributed by atoms with Gasteiger partial charge in [-0.05, 0) is 18.2 Å². The number of aliphatic hydroxyl groups is 1. The Morgan fingerprint density at radius 3 is 2.48 bits per heavy atom. The zero-order valence-electron chi connectivity index (χ0n) is 15.7. The first-order valence-electron chi connectivity index (χ1n) is 9.32. The van der Waals surface area contributed by atoms with Gasteiger partial charge in [-0.3, -0.25) is 4.90 Å². The molecule has 8 N–H and O–H groups in total. The zero-order valence-corrected chi connectivity index (χ0v) is 15.7. The van der Waals surface area contributed by atoms with Crippen molar-refractivity contribution in [2.75, 3.05) is 46.3 Å². The number of aliphatic hydroxyl groups excluding tert-OH is 1. The van der Waals surface area contributed by atoms with Crippen LogP contribution in [0.2, 0.25) is 0 Å². The Kier molecular flexibility index (Phi) is 6.10. The summed E-state index contributed by atoms with van der Waals surface area (Å²) in [5.41, 5.74) is 14.3. The fourth-order valence-electron chi connectivity index (χ4n) is 3.73. The summed E-state index contributed by atoms with van der Waals surface area (Å²) < 4.78 is 0. The van der Waals surface area contributed by atoms with Gasteiger partial charge in [0.05, 0.1) is 11.8 Å². The van der Waals surface area contributed by atoms with Crippen LogP contribution in [-0.2, 0) is 0 Å². The summed E-state index contributed by atoms with van der Waals surface area (Å²) >= 11 is 0. The summed E-state index contributed by atoms with van der Waals surface area (Å²) in [4.78, 5) is 4.51. The molecule has 8 heteroatoms. The monoisotopic (exact) mass is 374 g/mol. The minimum Gasteiger partial charge on any atom is -0.507 e. The number of nitrogens with zero attached hydrogens (tertiary/aromatic N) is 2. The summed E-state index contributed by atoms with van der Waals surface area (Å²) in [6.45, 7) is 4.73. The Bertz CT molecular complexity index is 712. The largest absolute Gasteiger partial charge is 0.507 e. The number of hydrogen-bond donors (Lipinski definition) is 6. The highest BCUT2D eigenvalue weighted by Crippen LogP contribution is 2.24. The SMILES string of the molecule is CN/C(N)=C(/C=C(\N)c1ccccc1O)N1CCN(C2CNCC2O)CC1. The van der Waals surface area contributed by atoms with Gasteiger partial charge in [-0.2, -0.15) is 0 Å². The van der Waals surface area contributed by atoms with E-state index in [-0.39, 0.29) is 17.9 Å². The van der Waals surface area contributed by atoms with Crippen molar-refractivity contribution >= 4 is 5.70 Å². The van der Waals surface area contributed by atoms with Gasteiger partial charge >= 0.3 is 0 Å². The van der Waals surface area contributed by atoms with Crippen molar-refractivity contribution in [1.29, 1.82) is 0 Å². The molecule has 0 aliphatic carbocycles. The molecule has 2 aliphatic rings. The summed E-state index contributed by atoms with van der Waals surface area (Å²) in [5, 5.41) is 26.4. The Hall–Kier alpha value is -2.42. The number of phenols is 1. The molecule has 0 bridgehead atoms. The average molecular weight is 374 g/mol. The van der Waals surface area contributed by atoms with Gasteiger partial charge in [0.15, 0.2) is 0 Å². The van der Waals surface area contributed by atoms with E-state index in [0.29, 0.717) is 23.6 Å². The highest BCUT2D eigenvalue weighted by Gasteiger charge is 2.32. The second kappa shape index (κ2) is 8.51. The smallest absolute Gasteiger partial charge is 0.124 e. The van der Waals surface area contributed by atoms with Gasteiger partial charge in [0.1, 0.15) is 11.6 Å². The van der Waals surface area contributed by atoms with E-state index >= 15 is 0 Å². The predicted octanol–water partition coefficient (Wildman–Crippen LogP) is -1.01. The average Bonchev–Trinajstić information content (AvgIpc) is 3.12. The van der Waals surface area contributed by atoms with Crippen LogP contribution in [0.3, 0.4) is 0 Å². The maximum Gasteiger partial charge on any atom is 0.124 e. The maximum absolute atomic E-state index is 10.1. The molecule has 2 heterocycles. The minimum atomic E-state index is -0.314. The normalized spacial score (nSPS) is 25.4. The number of rotatable bonds is 5. The molecular formula is C19H30N6O2. The molecule has 0 saturated carbocycles. The lowest BCUT2D eigenvalue weighted by molar-refractivity contribution is 0.0534. The molecule has 2 fully saturated rings. The summed E-state index contributed by atoms with van der Waals surface area (Å²) in [6.07, 6.45) is 1.49. The van der Waals surface area contributed by atoms with E-state index in [1.54, 1.807) is 25.2 Å². The van der Waals surface area contributed by atoms with Crippen molar-refractivity contribution in [2.24, 2.45) is 11.5 Å². The summed E-state index contributed by atoms with van der Waals surface area (Å²) in [5.74, 6) is 0.672. The van der Waals surface area contributed by atoms with Crippen molar-refractivity contribution in [2.45, 2.75) is 12.1 Å². The molecule has 2 aliphatic heterocycles. The number of para-hydroxylation sites is 1. The Labute approximate surface area is 160 Å². The van der Waals surface area contributed by atoms with Crippen molar-refractivity contribution in [3.05, 3.63) is 47.4 Å². The first kappa shape index (κ1) is 19.3. The van der Waals surface area contributed by atoms with Crippen molar-refractivity contribution in [1.82, 2.24) is 20.4 Å². The van der Waals surface area contributed by atoms with Crippen LogP contribution in [0.15, 0.2) is 41.9 Å². The molecule has 8 nitrogen and oxygen atoms in total. The summed E-state index contributed by atoms with van der Waals surface area (Å²) in [6, 6.07) is 7.15. The third-order valence-electron chi connectivity index (χ3n) is 5.33. The number of β-amino-alcohol motifs (C(OH)–C–C–N with tert-alkyl or cyclic N) is 1. The van der Waals surface area contributed by atoms with Gasteiger partial charge in [-0.15, -0.1) is 0 Å². The van der Waals surface area contributed by atoms with E-state index in [2.05, 4.69) is 20.4 Å². The number of piperazine rings is 1. The zero-order chi connectivity index (χ0) is 19.4. The van der Waals surface area contributed by atoms with Crippen LogP contribution in [0.1, 0.15) is 5.56 Å². The quantitative estimate of drug-likeness (QED) is 0.363. The molecule has 0 amide bonds. The molecule has 3 rings (SSSR count). The maximum atomic E-state index is 10.1. The van der Waals surface area contributed by atoms with Crippen molar-refractivity contribution in [3.8, 4) is 5.75 Å². The number of nitrogens with one attached hydrogen (secondary N) is 2. The van der Waals surface area contributed by atoms with Crippen LogP contribution in [0.25, 0.3) is 5.70 Å². The molecule has 2 saturated heterocycles. The van der Waals surface area contributed by atoms with Crippen LogP contribution >= 0.6 is 0 Å². The molecule has 0 radical (unpaired) electrons. The van der Waals surface area contributed by atoms with E-state index in [0.717, 1.165) is 38.4 Å². The Morgan fingerprint density at radius 2 is 1.89 bits per heavy atom. The molecule has 1 aromatic carbocycles. The van der Waals surface area contributed by atoms with E-state index in [1.165, 1.54) is 0 Å². The van der Waals surface area contributed by atoms with Gasteiger partial charge in [-0.1, -0.05) is 12.1 Å².